The molecule has 0 heterocycles. The summed E-state index contributed by atoms with van der Waals surface area (Å²) in [7, 11) is 0. The molecule has 2 rings (SSSR count). The van der Waals surface area contributed by atoms with Crippen LogP contribution in [0.4, 0.5) is 0 Å². The molecule has 0 radical (unpaired) electrons. The van der Waals surface area contributed by atoms with E-state index in [0.717, 1.165) is 0 Å². The van der Waals surface area contributed by atoms with Gasteiger partial charge in [0.25, 0.3) is 0 Å². The van der Waals surface area contributed by atoms with Crippen molar-refractivity contribution in [1.82, 2.24) is 0 Å². The predicted molar refractivity (Wildman–Crippen MR) is 52.2 cm³/mol. The van der Waals surface area contributed by atoms with E-state index in [1.54, 1.807) is 6.07 Å². The Morgan fingerprint density at radius 3 is 1.46 bits per heavy atom. The summed E-state index contributed by atoms with van der Waals surface area (Å²) in [5.74, 6) is 0. The van der Waals surface area contributed by atoms with Crippen LogP contribution in [0.1, 0.15) is 0 Å². The first-order valence-electron chi connectivity index (χ1n) is 2.99. The van der Waals surface area contributed by atoms with Crippen LogP contribution < -0.4 is 0 Å². The minimum Gasteiger partial charge on any atom is -0.999 e. The standard InChI is InChI=1S/C5H5.C5H.2CH3.Zr/c2*1-2-4-5-3-1;;;/h1-5H;1H;2*1H3;/q-1;-5;2*-1;. The van der Waals surface area contributed by atoms with Crippen molar-refractivity contribution in [2.45, 2.75) is 0 Å². The third-order valence-corrected chi connectivity index (χ3v) is 0.907. The molecule has 0 aliphatic carbocycles. The van der Waals surface area contributed by atoms with Gasteiger partial charge in [-0.25, -0.2) is 12.1 Å². The zero-order chi connectivity index (χ0) is 7.07. The van der Waals surface area contributed by atoms with Crippen LogP contribution in [0.15, 0.2) is 36.4 Å². The maximum Gasteiger partial charge on any atom is 0 e. The van der Waals surface area contributed by atoms with Gasteiger partial charge < -0.3 is 45.2 Å². The van der Waals surface area contributed by atoms with Gasteiger partial charge in [0.1, 0.15) is 0 Å². The van der Waals surface area contributed by atoms with Gasteiger partial charge in [-0.05, 0) is 0 Å². The van der Waals surface area contributed by atoms with Crippen LogP contribution in [0, 0.1) is 39.1 Å². The van der Waals surface area contributed by atoms with E-state index < -0.39 is 0 Å². The Balaban J connectivity index is -0.000000125. The third kappa shape index (κ3) is 11.6. The van der Waals surface area contributed by atoms with Crippen molar-refractivity contribution in [2.75, 3.05) is 0 Å². The molecule has 0 aliphatic heterocycles. The topological polar surface area (TPSA) is 0 Å². The molecule has 0 amide bonds. The summed E-state index contributed by atoms with van der Waals surface area (Å²) < 4.78 is 0. The van der Waals surface area contributed by atoms with E-state index in [1.807, 2.05) is 30.3 Å². The summed E-state index contributed by atoms with van der Waals surface area (Å²) in [6.45, 7) is 0. The van der Waals surface area contributed by atoms with E-state index in [4.69, 9.17) is 0 Å². The Bertz CT molecular complexity index is 144. The molecule has 0 bridgehead atoms. The fourth-order valence-corrected chi connectivity index (χ4v) is 0.501. The molecular weight excluding hydrogens is 235 g/mol. The molecule has 0 unspecified atom stereocenters. The van der Waals surface area contributed by atoms with E-state index in [2.05, 4.69) is 24.3 Å². The van der Waals surface area contributed by atoms with Crippen LogP contribution in [-0.4, -0.2) is 0 Å². The smallest absolute Gasteiger partial charge is 0 e. The van der Waals surface area contributed by atoms with Crippen molar-refractivity contribution in [3.63, 3.8) is 0 Å². The molecule has 2 aromatic carbocycles. The van der Waals surface area contributed by atoms with Crippen LogP contribution in [0.25, 0.3) is 0 Å². The zero-order valence-electron chi connectivity index (χ0n) is 7.96. The van der Waals surface area contributed by atoms with Gasteiger partial charge in [0.15, 0.2) is 0 Å². The molecule has 13 heavy (non-hydrogen) atoms. The van der Waals surface area contributed by atoms with E-state index in [0.29, 0.717) is 0 Å². The Hall–Kier alpha value is -0.417. The van der Waals surface area contributed by atoms with Gasteiger partial charge in [-0.1, -0.05) is 0 Å². The molecule has 1 heteroatoms. The van der Waals surface area contributed by atoms with E-state index in [9.17, 15) is 0 Å². The molecule has 0 saturated heterocycles. The maximum absolute atomic E-state index is 2.62. The molecular formula is C12H12Zr-8. The maximum atomic E-state index is 2.62. The second-order valence-electron chi connectivity index (χ2n) is 1.65. The van der Waals surface area contributed by atoms with Gasteiger partial charge >= 0.3 is 0 Å². The number of hydrogen-bond donors (Lipinski definition) is 0. The van der Waals surface area contributed by atoms with Crippen molar-refractivity contribution >= 4 is 0 Å². The van der Waals surface area contributed by atoms with Gasteiger partial charge in [0, 0.05) is 26.2 Å². The average Bonchev–Trinajstić information content (AvgIpc) is 2.67. The van der Waals surface area contributed by atoms with Crippen LogP contribution in [0.2, 0.25) is 0 Å². The van der Waals surface area contributed by atoms with Crippen molar-refractivity contribution < 1.29 is 26.2 Å². The number of hydrogen-bond acceptors (Lipinski definition) is 0. The normalized spacial score (nSPS) is 6.15. The molecule has 72 valence electrons. The second kappa shape index (κ2) is 14.1. The van der Waals surface area contributed by atoms with E-state index in [-0.39, 0.29) is 41.1 Å². The monoisotopic (exact) mass is 246 g/mol. The fraction of sp³-hybridized carbons (Fsp3) is 0. The SMILES string of the molecule is [CH3-].[CH3-].[Zr].[c-]1[c-][c-][cH-][c-]1.c1cc[cH-]c1. The predicted octanol–water partition coefficient (Wildman–Crippen LogP) is 2.91. The largest absolute Gasteiger partial charge is 0.999 e. The first-order valence-corrected chi connectivity index (χ1v) is 2.99. The molecule has 0 aromatic heterocycles. The summed E-state index contributed by atoms with van der Waals surface area (Å²) in [6, 6.07) is 22.0. The molecule has 0 nitrogen and oxygen atoms in total. The van der Waals surface area contributed by atoms with E-state index in [1.165, 1.54) is 0 Å². The first-order chi connectivity index (χ1) is 5.00. The Morgan fingerprint density at radius 1 is 0.846 bits per heavy atom. The van der Waals surface area contributed by atoms with Crippen molar-refractivity contribution in [3.8, 4) is 0 Å². The third-order valence-electron chi connectivity index (χ3n) is 0.907. The summed E-state index contributed by atoms with van der Waals surface area (Å²) in [6.07, 6.45) is 0. The Labute approximate surface area is 101 Å². The Morgan fingerprint density at radius 2 is 1.31 bits per heavy atom. The average molecular weight is 247 g/mol. The summed E-state index contributed by atoms with van der Waals surface area (Å²) in [5.41, 5.74) is 0. The van der Waals surface area contributed by atoms with Crippen LogP contribution in [0.3, 0.4) is 0 Å². The molecule has 0 atom stereocenters. The van der Waals surface area contributed by atoms with Crippen LogP contribution in [-0.2, 0) is 26.2 Å². The van der Waals surface area contributed by atoms with Gasteiger partial charge in [-0.15, -0.1) is 0 Å². The molecule has 0 saturated carbocycles. The van der Waals surface area contributed by atoms with Gasteiger partial charge in [0.2, 0.25) is 0 Å². The van der Waals surface area contributed by atoms with Crippen LogP contribution >= 0.6 is 0 Å². The minimum atomic E-state index is 0. The molecule has 0 N–H and O–H groups in total. The fourth-order valence-electron chi connectivity index (χ4n) is 0.501. The summed E-state index contributed by atoms with van der Waals surface area (Å²) >= 11 is 0. The van der Waals surface area contributed by atoms with Crippen molar-refractivity contribution in [2.24, 2.45) is 0 Å². The zero-order valence-corrected chi connectivity index (χ0v) is 10.4. The molecule has 0 aliphatic rings. The van der Waals surface area contributed by atoms with Crippen molar-refractivity contribution in [1.29, 1.82) is 0 Å². The van der Waals surface area contributed by atoms with Gasteiger partial charge in [-0.3, -0.25) is 0 Å². The summed E-state index contributed by atoms with van der Waals surface area (Å²) in [5, 5.41) is 0. The van der Waals surface area contributed by atoms with Gasteiger partial charge in [0.05, 0.1) is 0 Å². The minimum absolute atomic E-state index is 0. The van der Waals surface area contributed by atoms with E-state index >= 15 is 0 Å². The quantitative estimate of drug-likeness (QED) is 0.628. The second-order valence-corrected chi connectivity index (χ2v) is 1.65. The summed E-state index contributed by atoms with van der Waals surface area (Å²) in [4.78, 5) is 0. The van der Waals surface area contributed by atoms with Gasteiger partial charge in [-0.2, -0.15) is 18.2 Å². The van der Waals surface area contributed by atoms with Crippen molar-refractivity contribution in [3.05, 3.63) is 75.5 Å². The number of rotatable bonds is 0. The molecule has 0 fully saturated rings. The molecule has 0 spiro atoms. The first kappa shape index (κ1) is 18.4. The molecule has 2 aromatic rings. The Kier molecular flexibility index (Phi) is 20.0. The van der Waals surface area contributed by atoms with Crippen LogP contribution in [0.5, 0.6) is 0 Å².